The van der Waals surface area contributed by atoms with Crippen molar-refractivity contribution in [2.45, 2.75) is 11.8 Å². The maximum atomic E-state index is 11.5. The molecule has 1 rings (SSSR count). The van der Waals surface area contributed by atoms with Gasteiger partial charge >= 0.3 is 0 Å². The van der Waals surface area contributed by atoms with E-state index in [2.05, 4.69) is 4.72 Å². The Hall–Kier alpha value is -0.980. The first-order valence-corrected chi connectivity index (χ1v) is 6.26. The summed E-state index contributed by atoms with van der Waals surface area (Å²) in [5.41, 5.74) is 6.05. The van der Waals surface area contributed by atoms with Crippen LogP contribution in [0.25, 0.3) is 0 Å². The Morgan fingerprint density at radius 2 is 1.93 bits per heavy atom. The third kappa shape index (κ3) is 2.98. The molecule has 0 radical (unpaired) electrons. The van der Waals surface area contributed by atoms with Crippen LogP contribution in [0.1, 0.15) is 12.5 Å². The van der Waals surface area contributed by atoms with Gasteiger partial charge in [0.1, 0.15) is 4.99 Å². The first kappa shape index (κ1) is 12.1. The smallest absolute Gasteiger partial charge is 0.240 e. The number of rotatable bonds is 4. The molecule has 0 aliphatic heterocycles. The predicted octanol–water partition coefficient (Wildman–Crippen LogP) is 0.619. The van der Waals surface area contributed by atoms with E-state index in [-0.39, 0.29) is 9.88 Å². The largest absolute Gasteiger partial charge is 0.389 e. The zero-order chi connectivity index (χ0) is 11.5. The van der Waals surface area contributed by atoms with Crippen LogP contribution in [-0.4, -0.2) is 20.0 Å². The molecule has 3 N–H and O–H groups in total. The highest BCUT2D eigenvalue weighted by Gasteiger charge is 2.11. The molecule has 15 heavy (non-hydrogen) atoms. The van der Waals surface area contributed by atoms with E-state index in [0.717, 1.165) is 0 Å². The van der Waals surface area contributed by atoms with E-state index in [1.165, 1.54) is 12.1 Å². The number of hydrogen-bond donors (Lipinski definition) is 2. The molecular weight excluding hydrogens is 232 g/mol. The highest BCUT2D eigenvalue weighted by Crippen LogP contribution is 2.10. The topological polar surface area (TPSA) is 72.2 Å². The lowest BCUT2D eigenvalue weighted by Gasteiger charge is -2.04. The second-order valence-corrected chi connectivity index (χ2v) is 5.10. The van der Waals surface area contributed by atoms with Crippen molar-refractivity contribution < 1.29 is 8.42 Å². The van der Waals surface area contributed by atoms with Crippen molar-refractivity contribution in [1.82, 2.24) is 4.72 Å². The van der Waals surface area contributed by atoms with Crippen LogP contribution in [0.2, 0.25) is 0 Å². The molecule has 0 aromatic heterocycles. The fourth-order valence-corrected chi connectivity index (χ4v) is 2.25. The van der Waals surface area contributed by atoms with Gasteiger partial charge in [0.15, 0.2) is 0 Å². The third-order valence-electron chi connectivity index (χ3n) is 1.78. The Morgan fingerprint density at radius 1 is 1.40 bits per heavy atom. The monoisotopic (exact) mass is 244 g/mol. The van der Waals surface area contributed by atoms with Gasteiger partial charge in [-0.3, -0.25) is 0 Å². The van der Waals surface area contributed by atoms with Crippen LogP contribution < -0.4 is 10.5 Å². The SMILES string of the molecule is CCNS(=O)(=O)c1ccc(C(N)=S)cc1. The molecule has 4 nitrogen and oxygen atoms in total. The van der Waals surface area contributed by atoms with E-state index in [1.54, 1.807) is 19.1 Å². The summed E-state index contributed by atoms with van der Waals surface area (Å²) in [6.45, 7) is 2.08. The summed E-state index contributed by atoms with van der Waals surface area (Å²) >= 11 is 4.76. The second kappa shape index (κ2) is 4.69. The maximum absolute atomic E-state index is 11.5. The molecular formula is C9H12N2O2S2. The number of nitrogens with one attached hydrogen (secondary N) is 1. The Morgan fingerprint density at radius 3 is 2.33 bits per heavy atom. The van der Waals surface area contributed by atoms with Gasteiger partial charge in [-0.2, -0.15) is 0 Å². The van der Waals surface area contributed by atoms with Gasteiger partial charge in [0.2, 0.25) is 10.0 Å². The van der Waals surface area contributed by atoms with Gasteiger partial charge in [-0.05, 0) is 12.1 Å². The molecule has 0 unspecified atom stereocenters. The van der Waals surface area contributed by atoms with Crippen molar-refractivity contribution in [3.05, 3.63) is 29.8 Å². The van der Waals surface area contributed by atoms with Gasteiger partial charge in [-0.25, -0.2) is 13.1 Å². The average Bonchev–Trinajstić information content (AvgIpc) is 2.18. The lowest BCUT2D eigenvalue weighted by molar-refractivity contribution is 0.584. The minimum absolute atomic E-state index is 0.212. The van der Waals surface area contributed by atoms with Crippen LogP contribution in [0.3, 0.4) is 0 Å². The van der Waals surface area contributed by atoms with Crippen molar-refractivity contribution in [2.24, 2.45) is 5.73 Å². The van der Waals surface area contributed by atoms with Crippen LogP contribution >= 0.6 is 12.2 Å². The van der Waals surface area contributed by atoms with Crippen LogP contribution in [0.5, 0.6) is 0 Å². The van der Waals surface area contributed by atoms with E-state index in [1.807, 2.05) is 0 Å². The molecule has 0 fully saturated rings. The van der Waals surface area contributed by atoms with Gasteiger partial charge in [-0.15, -0.1) is 0 Å². The third-order valence-corrected chi connectivity index (χ3v) is 3.58. The summed E-state index contributed by atoms with van der Waals surface area (Å²) in [6, 6.07) is 6.14. The Bertz CT molecular complexity index is 452. The molecule has 0 bridgehead atoms. The van der Waals surface area contributed by atoms with E-state index in [0.29, 0.717) is 12.1 Å². The molecule has 6 heteroatoms. The molecule has 0 aliphatic rings. The maximum Gasteiger partial charge on any atom is 0.240 e. The number of hydrogen-bond acceptors (Lipinski definition) is 3. The van der Waals surface area contributed by atoms with Gasteiger partial charge in [0, 0.05) is 12.1 Å². The summed E-state index contributed by atoms with van der Waals surface area (Å²) in [5, 5.41) is 0. The second-order valence-electron chi connectivity index (χ2n) is 2.89. The lowest BCUT2D eigenvalue weighted by atomic mass is 10.2. The van der Waals surface area contributed by atoms with Gasteiger partial charge in [0.05, 0.1) is 4.90 Å². The molecule has 0 saturated heterocycles. The summed E-state index contributed by atoms with van der Waals surface area (Å²) in [6.07, 6.45) is 0. The first-order valence-electron chi connectivity index (χ1n) is 4.37. The molecule has 0 amide bonds. The van der Waals surface area contributed by atoms with Crippen LogP contribution in [0.15, 0.2) is 29.2 Å². The molecule has 0 atom stereocenters. The molecule has 0 spiro atoms. The standard InChI is InChI=1S/C9H12N2O2S2/c1-2-11-15(12,13)8-5-3-7(4-6-8)9(10)14/h3-6,11H,2H2,1H3,(H2,10,14). The number of thiocarbonyl (C=S) groups is 1. The van der Waals surface area contributed by atoms with Gasteiger partial charge in [-0.1, -0.05) is 31.3 Å². The van der Waals surface area contributed by atoms with Crippen LogP contribution in [0, 0.1) is 0 Å². The van der Waals surface area contributed by atoms with Crippen molar-refractivity contribution in [2.75, 3.05) is 6.54 Å². The van der Waals surface area contributed by atoms with Crippen LogP contribution in [-0.2, 0) is 10.0 Å². The van der Waals surface area contributed by atoms with E-state index >= 15 is 0 Å². The minimum Gasteiger partial charge on any atom is -0.389 e. The number of benzene rings is 1. The van der Waals surface area contributed by atoms with Crippen molar-refractivity contribution in [3.8, 4) is 0 Å². The fraction of sp³-hybridized carbons (Fsp3) is 0.222. The quantitative estimate of drug-likeness (QED) is 0.762. The van der Waals surface area contributed by atoms with Crippen molar-refractivity contribution in [1.29, 1.82) is 0 Å². The van der Waals surface area contributed by atoms with Gasteiger partial charge < -0.3 is 5.73 Å². The lowest BCUT2D eigenvalue weighted by Crippen LogP contribution is -2.23. The summed E-state index contributed by atoms with van der Waals surface area (Å²) in [7, 11) is -3.39. The number of sulfonamides is 1. The summed E-state index contributed by atoms with van der Waals surface area (Å²) in [4.78, 5) is 0.465. The molecule has 0 saturated carbocycles. The zero-order valence-electron chi connectivity index (χ0n) is 8.23. The van der Waals surface area contributed by atoms with E-state index in [9.17, 15) is 8.42 Å². The zero-order valence-corrected chi connectivity index (χ0v) is 9.86. The minimum atomic E-state index is -3.39. The fourth-order valence-electron chi connectivity index (χ4n) is 1.07. The van der Waals surface area contributed by atoms with Crippen molar-refractivity contribution >= 4 is 27.2 Å². The average molecular weight is 244 g/mol. The normalized spacial score (nSPS) is 11.3. The predicted molar refractivity (Wildman–Crippen MR) is 63.2 cm³/mol. The summed E-state index contributed by atoms with van der Waals surface area (Å²) in [5.74, 6) is 0. The highest BCUT2D eigenvalue weighted by atomic mass is 32.2. The van der Waals surface area contributed by atoms with E-state index in [4.69, 9.17) is 18.0 Å². The molecule has 1 aromatic carbocycles. The summed E-state index contributed by atoms with van der Waals surface area (Å²) < 4.78 is 25.5. The molecule has 0 aliphatic carbocycles. The van der Waals surface area contributed by atoms with Gasteiger partial charge in [0.25, 0.3) is 0 Å². The molecule has 1 aromatic rings. The van der Waals surface area contributed by atoms with Crippen molar-refractivity contribution in [3.63, 3.8) is 0 Å². The van der Waals surface area contributed by atoms with Crippen LogP contribution in [0.4, 0.5) is 0 Å². The Labute approximate surface area is 94.5 Å². The number of nitrogens with two attached hydrogens (primary N) is 1. The first-order chi connectivity index (χ1) is 6.97. The highest BCUT2D eigenvalue weighted by molar-refractivity contribution is 7.89. The Kier molecular flexibility index (Phi) is 3.78. The van der Waals surface area contributed by atoms with E-state index < -0.39 is 10.0 Å². The molecule has 0 heterocycles. The molecule has 82 valence electrons. The Balaban J connectivity index is 3.04.